The molecule has 1 aromatic heterocycles. The first-order chi connectivity index (χ1) is 10.8. The Labute approximate surface area is 136 Å². The van der Waals surface area contributed by atoms with Crippen molar-refractivity contribution in [2.45, 2.75) is 15.3 Å². The summed E-state index contributed by atoms with van der Waals surface area (Å²) in [5.74, 6) is 0. The second-order valence-electron chi connectivity index (χ2n) is 4.76. The molecule has 0 aliphatic rings. The maximum absolute atomic E-state index is 9.47. The fourth-order valence-electron chi connectivity index (χ4n) is 1.98. The number of nitrogens with zero attached hydrogens (tertiary/aromatic N) is 1. The summed E-state index contributed by atoms with van der Waals surface area (Å²) in [7, 11) is 0. The number of para-hydroxylation sites is 2. The van der Waals surface area contributed by atoms with Gasteiger partial charge in [0.25, 0.3) is 0 Å². The smallest absolute Gasteiger partial charge is 0.155 e. The fraction of sp³-hybridized carbons (Fsp3) is 0.188. The number of fused-ring (bicyclic) bond motifs is 1. The highest BCUT2D eigenvalue weighted by Crippen LogP contribution is 2.37. The SMILES string of the molecule is OCC(O)CNc1ccccc1Sc1nc2ccccc2s1. The van der Waals surface area contributed by atoms with Crippen LogP contribution in [0.1, 0.15) is 0 Å². The first-order valence-electron chi connectivity index (χ1n) is 6.91. The Morgan fingerprint density at radius 3 is 2.73 bits per heavy atom. The summed E-state index contributed by atoms with van der Waals surface area (Å²) in [6.45, 7) is 0.0636. The zero-order chi connectivity index (χ0) is 15.4. The summed E-state index contributed by atoms with van der Waals surface area (Å²) in [6.07, 6.45) is -0.763. The summed E-state index contributed by atoms with van der Waals surface area (Å²) < 4.78 is 2.16. The molecule has 0 saturated carbocycles. The minimum Gasteiger partial charge on any atom is -0.394 e. The van der Waals surface area contributed by atoms with E-state index in [1.54, 1.807) is 23.1 Å². The van der Waals surface area contributed by atoms with Crippen molar-refractivity contribution in [2.75, 3.05) is 18.5 Å². The number of anilines is 1. The van der Waals surface area contributed by atoms with Crippen LogP contribution in [0.3, 0.4) is 0 Å². The molecule has 22 heavy (non-hydrogen) atoms. The van der Waals surface area contributed by atoms with Crippen LogP contribution >= 0.6 is 23.1 Å². The van der Waals surface area contributed by atoms with E-state index in [9.17, 15) is 5.11 Å². The minimum atomic E-state index is -0.763. The maximum atomic E-state index is 9.47. The van der Waals surface area contributed by atoms with Crippen molar-refractivity contribution in [3.05, 3.63) is 48.5 Å². The lowest BCUT2D eigenvalue weighted by atomic mass is 10.3. The Bertz CT molecular complexity index is 727. The van der Waals surface area contributed by atoms with E-state index >= 15 is 0 Å². The first kappa shape index (κ1) is 15.3. The van der Waals surface area contributed by atoms with Crippen LogP contribution < -0.4 is 5.32 Å². The van der Waals surface area contributed by atoms with Gasteiger partial charge in [-0.15, -0.1) is 11.3 Å². The number of aliphatic hydroxyl groups excluding tert-OH is 2. The van der Waals surface area contributed by atoms with Crippen molar-refractivity contribution >= 4 is 39.0 Å². The monoisotopic (exact) mass is 332 g/mol. The Morgan fingerprint density at radius 2 is 1.91 bits per heavy atom. The van der Waals surface area contributed by atoms with Gasteiger partial charge in [0.1, 0.15) is 0 Å². The zero-order valence-corrected chi connectivity index (χ0v) is 13.4. The molecule has 6 heteroatoms. The summed E-state index contributed by atoms with van der Waals surface area (Å²) in [5, 5.41) is 21.5. The third-order valence-corrected chi connectivity index (χ3v) is 5.27. The van der Waals surface area contributed by atoms with Gasteiger partial charge in [-0.2, -0.15) is 0 Å². The van der Waals surface area contributed by atoms with Crippen LogP contribution in [0, 0.1) is 0 Å². The van der Waals surface area contributed by atoms with E-state index in [1.807, 2.05) is 42.5 Å². The van der Waals surface area contributed by atoms with Crippen molar-refractivity contribution in [3.8, 4) is 0 Å². The lowest BCUT2D eigenvalue weighted by Crippen LogP contribution is -2.23. The highest BCUT2D eigenvalue weighted by atomic mass is 32.2. The third-order valence-electron chi connectivity index (χ3n) is 3.10. The van der Waals surface area contributed by atoms with Gasteiger partial charge in [-0.05, 0) is 24.3 Å². The molecular weight excluding hydrogens is 316 g/mol. The molecule has 1 heterocycles. The molecule has 3 N–H and O–H groups in total. The molecule has 4 nitrogen and oxygen atoms in total. The van der Waals surface area contributed by atoms with Gasteiger partial charge in [0.2, 0.25) is 0 Å². The van der Waals surface area contributed by atoms with Gasteiger partial charge in [-0.25, -0.2) is 4.98 Å². The van der Waals surface area contributed by atoms with Gasteiger partial charge in [-0.1, -0.05) is 36.0 Å². The molecule has 0 spiro atoms. The molecule has 114 valence electrons. The number of nitrogens with one attached hydrogen (secondary N) is 1. The standard InChI is InChI=1S/C16H16N2O2S2/c19-10-11(20)9-17-12-5-1-3-7-14(12)21-16-18-13-6-2-4-8-15(13)22-16/h1-8,11,17,19-20H,9-10H2. The van der Waals surface area contributed by atoms with Gasteiger partial charge < -0.3 is 15.5 Å². The van der Waals surface area contributed by atoms with Crippen LogP contribution in [0.5, 0.6) is 0 Å². The van der Waals surface area contributed by atoms with E-state index in [1.165, 1.54) is 4.70 Å². The van der Waals surface area contributed by atoms with Gasteiger partial charge in [0.05, 0.1) is 22.9 Å². The Kier molecular flexibility index (Phi) is 4.94. The molecule has 0 saturated heterocycles. The number of aromatic nitrogens is 1. The second kappa shape index (κ2) is 7.11. The number of benzene rings is 2. The average molecular weight is 332 g/mol. The van der Waals surface area contributed by atoms with E-state index in [0.29, 0.717) is 6.54 Å². The van der Waals surface area contributed by atoms with Crippen molar-refractivity contribution in [1.82, 2.24) is 4.98 Å². The molecule has 0 amide bonds. The summed E-state index contributed by atoms with van der Waals surface area (Å²) in [4.78, 5) is 5.67. The lowest BCUT2D eigenvalue weighted by Gasteiger charge is -2.13. The van der Waals surface area contributed by atoms with Crippen LogP contribution in [-0.2, 0) is 0 Å². The number of hydrogen-bond acceptors (Lipinski definition) is 6. The number of hydrogen-bond donors (Lipinski definition) is 3. The lowest BCUT2D eigenvalue weighted by molar-refractivity contribution is 0.105. The van der Waals surface area contributed by atoms with Crippen molar-refractivity contribution in [1.29, 1.82) is 0 Å². The Hall–Kier alpha value is -1.60. The topological polar surface area (TPSA) is 65.4 Å². The number of aliphatic hydroxyl groups is 2. The molecule has 1 unspecified atom stereocenters. The van der Waals surface area contributed by atoms with E-state index < -0.39 is 6.10 Å². The van der Waals surface area contributed by atoms with Crippen LogP contribution in [-0.4, -0.2) is 34.5 Å². The highest BCUT2D eigenvalue weighted by molar-refractivity contribution is 8.01. The third kappa shape index (κ3) is 3.59. The maximum Gasteiger partial charge on any atom is 0.155 e. The van der Waals surface area contributed by atoms with Crippen LogP contribution in [0.4, 0.5) is 5.69 Å². The van der Waals surface area contributed by atoms with E-state index in [0.717, 1.165) is 20.4 Å². The van der Waals surface area contributed by atoms with Crippen LogP contribution in [0.15, 0.2) is 57.8 Å². The molecule has 0 radical (unpaired) electrons. The number of thiazole rings is 1. The van der Waals surface area contributed by atoms with Crippen molar-refractivity contribution in [3.63, 3.8) is 0 Å². The molecule has 0 aliphatic heterocycles. The predicted molar refractivity (Wildman–Crippen MR) is 91.8 cm³/mol. The Morgan fingerprint density at radius 1 is 1.14 bits per heavy atom. The molecule has 3 rings (SSSR count). The largest absolute Gasteiger partial charge is 0.394 e. The molecule has 3 aromatic rings. The van der Waals surface area contributed by atoms with Crippen molar-refractivity contribution < 1.29 is 10.2 Å². The normalized spacial score (nSPS) is 12.5. The van der Waals surface area contributed by atoms with Gasteiger partial charge >= 0.3 is 0 Å². The zero-order valence-electron chi connectivity index (χ0n) is 11.8. The average Bonchev–Trinajstić information content (AvgIpc) is 2.96. The second-order valence-corrected chi connectivity index (χ2v) is 7.08. The summed E-state index contributed by atoms with van der Waals surface area (Å²) in [6, 6.07) is 16.0. The van der Waals surface area contributed by atoms with Crippen LogP contribution in [0.2, 0.25) is 0 Å². The Balaban J connectivity index is 1.79. The summed E-state index contributed by atoms with van der Waals surface area (Å²) in [5.41, 5.74) is 1.94. The van der Waals surface area contributed by atoms with E-state index in [-0.39, 0.29) is 6.61 Å². The highest BCUT2D eigenvalue weighted by Gasteiger charge is 2.09. The molecule has 1 atom stereocenters. The predicted octanol–water partition coefficient (Wildman–Crippen LogP) is 3.21. The minimum absolute atomic E-state index is 0.250. The molecule has 0 bridgehead atoms. The van der Waals surface area contributed by atoms with E-state index in [4.69, 9.17) is 5.11 Å². The molecular formula is C16H16N2O2S2. The number of rotatable bonds is 6. The van der Waals surface area contributed by atoms with Gasteiger partial charge in [0, 0.05) is 17.1 Å². The van der Waals surface area contributed by atoms with Gasteiger partial charge in [-0.3, -0.25) is 0 Å². The fourth-order valence-corrected chi connectivity index (χ4v) is 4.11. The molecule has 0 aliphatic carbocycles. The van der Waals surface area contributed by atoms with Crippen LogP contribution in [0.25, 0.3) is 10.2 Å². The quantitative estimate of drug-likeness (QED) is 0.647. The molecule has 2 aromatic carbocycles. The molecule has 0 fully saturated rings. The summed E-state index contributed by atoms with van der Waals surface area (Å²) >= 11 is 3.26. The van der Waals surface area contributed by atoms with Gasteiger partial charge in [0.15, 0.2) is 4.34 Å². The van der Waals surface area contributed by atoms with Crippen molar-refractivity contribution in [2.24, 2.45) is 0 Å². The van der Waals surface area contributed by atoms with E-state index in [2.05, 4.69) is 16.4 Å². The first-order valence-corrected chi connectivity index (χ1v) is 8.55.